The molecule has 0 saturated carbocycles. The maximum Gasteiger partial charge on any atom is 0.248 e. The maximum absolute atomic E-state index is 6.67. The van der Waals surface area contributed by atoms with Gasteiger partial charge in [-0.1, -0.05) is 103 Å². The number of aromatic nitrogens is 2. The monoisotopic (exact) mass is 542 g/mol. The number of benzene rings is 5. The Hall–Kier alpha value is -5.48. The van der Waals surface area contributed by atoms with Crippen molar-refractivity contribution in [3.8, 4) is 50.9 Å². The number of fused-ring (bicyclic) bond motifs is 3. The molecule has 2 unspecified atom stereocenters. The summed E-state index contributed by atoms with van der Waals surface area (Å²) in [6.45, 7) is 0. The van der Waals surface area contributed by atoms with E-state index in [4.69, 9.17) is 9.15 Å². The highest BCUT2D eigenvalue weighted by atomic mass is 16.5. The van der Waals surface area contributed by atoms with Crippen molar-refractivity contribution in [2.75, 3.05) is 0 Å². The molecule has 0 saturated heterocycles. The van der Waals surface area contributed by atoms with Gasteiger partial charge in [0.2, 0.25) is 11.8 Å². The van der Waals surface area contributed by atoms with Gasteiger partial charge in [-0.05, 0) is 70.3 Å². The van der Waals surface area contributed by atoms with Gasteiger partial charge in [-0.3, -0.25) is 0 Å². The lowest BCUT2D eigenvalue weighted by molar-refractivity contribution is 0.270. The second-order valence-corrected chi connectivity index (χ2v) is 10.6. The van der Waals surface area contributed by atoms with Crippen LogP contribution in [0.4, 0.5) is 0 Å². The SMILES string of the molecule is C1=CC2Oc3c(-c4ccc(-c5nnc(-c6ccccc6)o5)cc4)cc(-c4ccccc4)cc3C2C=C1c1ccccc1. The van der Waals surface area contributed by atoms with Crippen molar-refractivity contribution in [1.82, 2.24) is 10.2 Å². The van der Waals surface area contributed by atoms with Gasteiger partial charge in [-0.25, -0.2) is 0 Å². The third-order valence-electron chi connectivity index (χ3n) is 8.01. The van der Waals surface area contributed by atoms with Crippen LogP contribution in [-0.2, 0) is 0 Å². The highest BCUT2D eigenvalue weighted by Gasteiger charge is 2.36. The van der Waals surface area contributed by atoms with Gasteiger partial charge < -0.3 is 9.15 Å². The lowest BCUT2D eigenvalue weighted by atomic mass is 9.84. The molecule has 0 spiro atoms. The first-order valence-corrected chi connectivity index (χ1v) is 14.2. The minimum Gasteiger partial charge on any atom is -0.484 e. The molecule has 8 rings (SSSR count). The standard InChI is InChI=1S/C38H26N2O2/c1-4-10-25(11-5-1)30-20-21-35-33(22-30)34-24-31(26-12-6-2-7-13-26)23-32(36(34)41-35)27-16-18-29(19-17-27)38-40-39-37(42-38)28-14-8-3-9-15-28/h1-24,33,35H. The summed E-state index contributed by atoms with van der Waals surface area (Å²) in [6.07, 6.45) is 6.70. The van der Waals surface area contributed by atoms with Gasteiger partial charge in [0.05, 0.1) is 0 Å². The van der Waals surface area contributed by atoms with E-state index in [1.807, 2.05) is 42.5 Å². The fourth-order valence-electron chi connectivity index (χ4n) is 5.87. The van der Waals surface area contributed by atoms with Gasteiger partial charge >= 0.3 is 0 Å². The molecule has 2 aliphatic rings. The van der Waals surface area contributed by atoms with Crippen molar-refractivity contribution in [3.63, 3.8) is 0 Å². The molecule has 2 heterocycles. The van der Waals surface area contributed by atoms with Crippen molar-refractivity contribution in [2.45, 2.75) is 12.0 Å². The van der Waals surface area contributed by atoms with Gasteiger partial charge in [0.15, 0.2) is 0 Å². The number of hydrogen-bond acceptors (Lipinski definition) is 4. The average molecular weight is 543 g/mol. The molecule has 200 valence electrons. The van der Waals surface area contributed by atoms with E-state index >= 15 is 0 Å². The minimum absolute atomic E-state index is 0.0358. The third-order valence-corrected chi connectivity index (χ3v) is 8.01. The summed E-state index contributed by atoms with van der Waals surface area (Å²) in [4.78, 5) is 0. The van der Waals surface area contributed by atoms with Gasteiger partial charge in [0.1, 0.15) is 11.9 Å². The molecule has 1 aliphatic carbocycles. The van der Waals surface area contributed by atoms with E-state index in [1.165, 1.54) is 27.8 Å². The van der Waals surface area contributed by atoms with Crippen LogP contribution in [0.25, 0.3) is 50.7 Å². The Morgan fingerprint density at radius 1 is 0.524 bits per heavy atom. The van der Waals surface area contributed by atoms with Crippen molar-refractivity contribution < 1.29 is 9.15 Å². The fourth-order valence-corrected chi connectivity index (χ4v) is 5.87. The lowest BCUT2D eigenvalue weighted by Gasteiger charge is -2.18. The minimum atomic E-state index is -0.0358. The van der Waals surface area contributed by atoms with E-state index < -0.39 is 0 Å². The molecule has 2 atom stereocenters. The molecule has 0 N–H and O–H groups in total. The van der Waals surface area contributed by atoms with Crippen LogP contribution < -0.4 is 4.74 Å². The molecule has 42 heavy (non-hydrogen) atoms. The molecule has 1 aliphatic heterocycles. The van der Waals surface area contributed by atoms with E-state index in [-0.39, 0.29) is 12.0 Å². The number of rotatable bonds is 5. The highest BCUT2D eigenvalue weighted by molar-refractivity contribution is 5.84. The van der Waals surface area contributed by atoms with Gasteiger partial charge in [-0.2, -0.15) is 0 Å². The van der Waals surface area contributed by atoms with Crippen LogP contribution in [0.5, 0.6) is 5.75 Å². The molecule has 6 aromatic rings. The van der Waals surface area contributed by atoms with E-state index in [2.05, 4.69) is 113 Å². The Morgan fingerprint density at radius 3 is 1.76 bits per heavy atom. The van der Waals surface area contributed by atoms with E-state index in [0.717, 1.165) is 28.0 Å². The quantitative estimate of drug-likeness (QED) is 0.218. The van der Waals surface area contributed by atoms with Crippen molar-refractivity contribution >= 4 is 5.57 Å². The zero-order chi connectivity index (χ0) is 27.9. The molecule has 0 radical (unpaired) electrons. The van der Waals surface area contributed by atoms with Gasteiger partial charge in [0, 0.05) is 28.2 Å². The number of allylic oxidation sites excluding steroid dienone is 2. The summed E-state index contributed by atoms with van der Waals surface area (Å²) in [5, 5.41) is 8.56. The largest absolute Gasteiger partial charge is 0.484 e. The van der Waals surface area contributed by atoms with Crippen LogP contribution >= 0.6 is 0 Å². The molecule has 4 heteroatoms. The van der Waals surface area contributed by atoms with Crippen molar-refractivity contribution in [3.05, 3.63) is 157 Å². The molecular formula is C38H26N2O2. The third kappa shape index (κ3) is 4.34. The number of hydrogen-bond donors (Lipinski definition) is 0. The Kier molecular flexibility index (Phi) is 5.89. The molecule has 5 aromatic carbocycles. The molecular weight excluding hydrogens is 516 g/mol. The van der Waals surface area contributed by atoms with Crippen molar-refractivity contribution in [1.29, 1.82) is 0 Å². The van der Waals surface area contributed by atoms with Crippen LogP contribution in [0.3, 0.4) is 0 Å². The predicted octanol–water partition coefficient (Wildman–Crippen LogP) is 9.24. The topological polar surface area (TPSA) is 48.2 Å². The van der Waals surface area contributed by atoms with Crippen LogP contribution in [0, 0.1) is 0 Å². The molecule has 0 fully saturated rings. The highest BCUT2D eigenvalue weighted by Crippen LogP contribution is 2.50. The van der Waals surface area contributed by atoms with E-state index in [1.54, 1.807) is 0 Å². The normalized spacial score (nSPS) is 16.8. The molecule has 1 aromatic heterocycles. The smallest absolute Gasteiger partial charge is 0.248 e. The second-order valence-electron chi connectivity index (χ2n) is 10.6. The maximum atomic E-state index is 6.67. The lowest BCUT2D eigenvalue weighted by Crippen LogP contribution is -2.17. The van der Waals surface area contributed by atoms with Gasteiger partial charge in [-0.15, -0.1) is 10.2 Å². The number of nitrogens with zero attached hydrogens (tertiary/aromatic N) is 2. The summed E-state index contributed by atoms with van der Waals surface area (Å²) in [7, 11) is 0. The second kappa shape index (κ2) is 10.2. The first-order valence-electron chi connectivity index (χ1n) is 14.2. The predicted molar refractivity (Wildman–Crippen MR) is 167 cm³/mol. The summed E-state index contributed by atoms with van der Waals surface area (Å²) < 4.78 is 12.7. The Balaban J connectivity index is 1.20. The zero-order valence-corrected chi connectivity index (χ0v) is 22.7. The van der Waals surface area contributed by atoms with Crippen LogP contribution in [0.1, 0.15) is 17.0 Å². The Bertz CT molecular complexity index is 1940. The summed E-state index contributed by atoms with van der Waals surface area (Å²) >= 11 is 0. The summed E-state index contributed by atoms with van der Waals surface area (Å²) in [5.74, 6) is 2.08. The summed E-state index contributed by atoms with van der Waals surface area (Å²) in [5.41, 5.74) is 9.92. The average Bonchev–Trinajstić information content (AvgIpc) is 3.71. The Morgan fingerprint density at radius 2 is 1.10 bits per heavy atom. The zero-order valence-electron chi connectivity index (χ0n) is 22.7. The number of ether oxygens (including phenoxy) is 1. The van der Waals surface area contributed by atoms with E-state index in [0.29, 0.717) is 11.8 Å². The first-order chi connectivity index (χ1) is 20.8. The van der Waals surface area contributed by atoms with Gasteiger partial charge in [0.25, 0.3) is 0 Å². The molecule has 4 nitrogen and oxygen atoms in total. The van der Waals surface area contributed by atoms with Crippen molar-refractivity contribution in [2.24, 2.45) is 0 Å². The molecule has 0 amide bonds. The molecule has 0 bridgehead atoms. The Labute approximate surface area is 244 Å². The van der Waals surface area contributed by atoms with Crippen LogP contribution in [0.2, 0.25) is 0 Å². The van der Waals surface area contributed by atoms with Crippen LogP contribution in [-0.4, -0.2) is 16.3 Å². The van der Waals surface area contributed by atoms with E-state index in [9.17, 15) is 0 Å². The van der Waals surface area contributed by atoms with Crippen LogP contribution in [0.15, 0.2) is 150 Å². The summed E-state index contributed by atoms with van der Waals surface area (Å²) in [6, 6.07) is 43.7. The fraction of sp³-hybridized carbons (Fsp3) is 0.0526. The first kappa shape index (κ1) is 24.3.